The second-order valence-corrected chi connectivity index (χ2v) is 16.1. The molecule has 10 aromatic rings. The number of hydrogen-bond donors (Lipinski definition) is 0. The molecular weight excluding hydrogens is 689 g/mol. The van der Waals surface area contributed by atoms with E-state index in [0.717, 1.165) is 16.6 Å². The highest BCUT2D eigenvalue weighted by atomic mass is 16.3. The lowest BCUT2D eigenvalue weighted by atomic mass is 9.80. The van der Waals surface area contributed by atoms with E-state index in [9.17, 15) is 0 Å². The molecule has 0 saturated carbocycles. The van der Waals surface area contributed by atoms with Crippen molar-refractivity contribution in [2.75, 3.05) is 0 Å². The van der Waals surface area contributed by atoms with Crippen molar-refractivity contribution >= 4 is 60.3 Å². The van der Waals surface area contributed by atoms with E-state index in [1.807, 2.05) is 6.08 Å². The zero-order chi connectivity index (χ0) is 38.4. The molecule has 0 fully saturated rings. The highest BCUT2D eigenvalue weighted by molar-refractivity contribution is 6.22. The van der Waals surface area contributed by atoms with Gasteiger partial charge in [-0.15, -0.1) is 0 Å². The second kappa shape index (κ2) is 12.5. The second-order valence-electron chi connectivity index (χ2n) is 16.1. The average Bonchev–Trinajstić information content (AvgIpc) is 3.74. The van der Waals surface area contributed by atoms with Gasteiger partial charge in [0.2, 0.25) is 0 Å². The minimum Gasteiger partial charge on any atom is -0.456 e. The van der Waals surface area contributed by atoms with Gasteiger partial charge in [-0.3, -0.25) is 0 Å². The number of para-hydroxylation sites is 1. The molecular formula is C56H40O. The van der Waals surface area contributed by atoms with Crippen LogP contribution in [0.2, 0.25) is 0 Å². The van der Waals surface area contributed by atoms with E-state index in [1.165, 1.54) is 104 Å². The maximum atomic E-state index is 6.76. The topological polar surface area (TPSA) is 13.1 Å². The van der Waals surface area contributed by atoms with Crippen molar-refractivity contribution in [3.63, 3.8) is 0 Å². The summed E-state index contributed by atoms with van der Waals surface area (Å²) in [6.07, 6.45) is 6.17. The summed E-state index contributed by atoms with van der Waals surface area (Å²) in [6.45, 7) is 11.0. The Hall–Kier alpha value is -6.96. The molecule has 57 heavy (non-hydrogen) atoms. The summed E-state index contributed by atoms with van der Waals surface area (Å²) in [5.74, 6) is 0. The van der Waals surface area contributed by atoms with Gasteiger partial charge in [-0.2, -0.15) is 0 Å². The summed E-state index contributed by atoms with van der Waals surface area (Å²) >= 11 is 0. The molecule has 0 bridgehead atoms. The Kier molecular flexibility index (Phi) is 7.34. The van der Waals surface area contributed by atoms with E-state index in [0.29, 0.717) is 0 Å². The first kappa shape index (κ1) is 33.4. The van der Waals surface area contributed by atoms with Crippen LogP contribution in [0.3, 0.4) is 0 Å². The molecule has 0 unspecified atom stereocenters. The normalized spacial score (nSPS) is 13.3. The summed E-state index contributed by atoms with van der Waals surface area (Å²) < 4.78 is 6.76. The number of fused-ring (bicyclic) bond motifs is 10. The Morgan fingerprint density at radius 1 is 0.526 bits per heavy atom. The van der Waals surface area contributed by atoms with Gasteiger partial charge in [0.05, 0.1) is 0 Å². The Morgan fingerprint density at radius 3 is 1.81 bits per heavy atom. The lowest BCUT2D eigenvalue weighted by Crippen LogP contribution is -2.15. The van der Waals surface area contributed by atoms with Gasteiger partial charge in [-0.25, -0.2) is 0 Å². The van der Waals surface area contributed by atoms with Crippen LogP contribution in [0.4, 0.5) is 0 Å². The van der Waals surface area contributed by atoms with Crippen LogP contribution in [0.1, 0.15) is 36.1 Å². The first-order valence-corrected chi connectivity index (χ1v) is 19.9. The summed E-state index contributed by atoms with van der Waals surface area (Å²) in [6, 6.07) is 58.0. The summed E-state index contributed by atoms with van der Waals surface area (Å²) in [7, 11) is 0. The first-order chi connectivity index (χ1) is 27.9. The zero-order valence-electron chi connectivity index (χ0n) is 32.4. The van der Waals surface area contributed by atoms with E-state index in [4.69, 9.17) is 4.42 Å². The van der Waals surface area contributed by atoms with E-state index < -0.39 is 0 Å². The molecule has 0 aliphatic heterocycles. The van der Waals surface area contributed by atoms with Crippen LogP contribution in [0.25, 0.3) is 105 Å². The van der Waals surface area contributed by atoms with Crippen molar-refractivity contribution in [2.24, 2.45) is 0 Å². The predicted octanol–water partition coefficient (Wildman–Crippen LogP) is 15.9. The zero-order valence-corrected chi connectivity index (χ0v) is 32.4. The standard InChI is InChI=1S/C56H40O/c1-5-6-20-41-34(2)50-46-25-13-14-26-49(46)57-55(50)54-53(41)47-33-38(29-30-48(47)56(54,3)4)37-18-15-19-39(32-37)51-42-21-9-11-23-44(42)52(45-24-12-10-22-43(45)51)40-28-27-35-16-7-8-17-36(35)31-40/h5-33H,1H2,2-4H3/b20-6-. The van der Waals surface area contributed by atoms with Gasteiger partial charge < -0.3 is 4.42 Å². The van der Waals surface area contributed by atoms with Gasteiger partial charge in [-0.05, 0) is 125 Å². The van der Waals surface area contributed by atoms with Crippen LogP contribution in [0.15, 0.2) is 181 Å². The SMILES string of the molecule is C=C/C=C\c1c2c(c3oc4ccccc4c3c1C)C(C)(C)c1ccc(-c3cccc(-c4c5ccccc5c(-c5ccc6ccccc6c5)c5ccccc45)c3)cc1-2. The van der Waals surface area contributed by atoms with E-state index in [1.54, 1.807) is 0 Å². The van der Waals surface area contributed by atoms with Crippen LogP contribution >= 0.6 is 0 Å². The van der Waals surface area contributed by atoms with Gasteiger partial charge in [-0.1, -0.05) is 172 Å². The molecule has 1 aliphatic rings. The average molecular weight is 729 g/mol. The van der Waals surface area contributed by atoms with Crippen LogP contribution in [-0.4, -0.2) is 0 Å². The maximum absolute atomic E-state index is 6.76. The molecule has 1 heteroatoms. The van der Waals surface area contributed by atoms with Gasteiger partial charge in [0, 0.05) is 21.8 Å². The summed E-state index contributed by atoms with van der Waals surface area (Å²) in [5.41, 5.74) is 16.6. The molecule has 1 aromatic heterocycles. The number of aryl methyl sites for hydroxylation is 1. The molecule has 0 amide bonds. The molecule has 0 atom stereocenters. The Bertz CT molecular complexity index is 3290. The first-order valence-electron chi connectivity index (χ1n) is 19.9. The third-order valence-corrected chi connectivity index (χ3v) is 12.6. The van der Waals surface area contributed by atoms with Crippen molar-refractivity contribution in [3.05, 3.63) is 199 Å². The quantitative estimate of drug-likeness (QED) is 0.127. The largest absolute Gasteiger partial charge is 0.456 e. The van der Waals surface area contributed by atoms with E-state index in [-0.39, 0.29) is 5.41 Å². The van der Waals surface area contributed by atoms with Gasteiger partial charge in [0.15, 0.2) is 0 Å². The lowest BCUT2D eigenvalue weighted by Gasteiger charge is -2.22. The molecule has 0 spiro atoms. The van der Waals surface area contributed by atoms with Crippen LogP contribution in [0.5, 0.6) is 0 Å². The molecule has 1 nitrogen and oxygen atoms in total. The van der Waals surface area contributed by atoms with E-state index >= 15 is 0 Å². The van der Waals surface area contributed by atoms with Crippen molar-refractivity contribution in [1.82, 2.24) is 0 Å². The van der Waals surface area contributed by atoms with Crippen molar-refractivity contribution in [2.45, 2.75) is 26.2 Å². The van der Waals surface area contributed by atoms with Crippen LogP contribution in [0, 0.1) is 6.92 Å². The number of benzene rings is 9. The Morgan fingerprint density at radius 2 is 1.11 bits per heavy atom. The van der Waals surface area contributed by atoms with Crippen molar-refractivity contribution < 1.29 is 4.42 Å². The van der Waals surface area contributed by atoms with Gasteiger partial charge >= 0.3 is 0 Å². The fraction of sp³-hybridized carbons (Fsp3) is 0.0714. The highest BCUT2D eigenvalue weighted by Crippen LogP contribution is 2.56. The molecule has 0 saturated heterocycles. The minimum absolute atomic E-state index is 0.258. The number of hydrogen-bond acceptors (Lipinski definition) is 1. The molecule has 270 valence electrons. The van der Waals surface area contributed by atoms with E-state index in [2.05, 4.69) is 197 Å². The lowest BCUT2D eigenvalue weighted by molar-refractivity contribution is 0.619. The van der Waals surface area contributed by atoms with Gasteiger partial charge in [0.1, 0.15) is 11.2 Å². The van der Waals surface area contributed by atoms with Gasteiger partial charge in [0.25, 0.3) is 0 Å². The predicted molar refractivity (Wildman–Crippen MR) is 244 cm³/mol. The smallest absolute Gasteiger partial charge is 0.140 e. The Balaban J connectivity index is 1.12. The molecule has 0 N–H and O–H groups in total. The van der Waals surface area contributed by atoms with Crippen LogP contribution in [-0.2, 0) is 5.41 Å². The Labute approximate surface area is 332 Å². The van der Waals surface area contributed by atoms with Crippen molar-refractivity contribution in [3.8, 4) is 44.5 Å². The molecule has 1 heterocycles. The fourth-order valence-electron chi connectivity index (χ4n) is 9.97. The van der Waals surface area contributed by atoms with Crippen LogP contribution < -0.4 is 0 Å². The highest BCUT2D eigenvalue weighted by Gasteiger charge is 2.41. The minimum atomic E-state index is -0.258. The third-order valence-electron chi connectivity index (χ3n) is 12.6. The number of furan rings is 1. The number of allylic oxidation sites excluding steroid dienone is 2. The monoisotopic (exact) mass is 728 g/mol. The maximum Gasteiger partial charge on any atom is 0.140 e. The summed E-state index contributed by atoms with van der Waals surface area (Å²) in [4.78, 5) is 0. The molecule has 9 aromatic carbocycles. The van der Waals surface area contributed by atoms with Crippen molar-refractivity contribution in [1.29, 1.82) is 0 Å². The summed E-state index contributed by atoms with van der Waals surface area (Å²) in [5, 5.41) is 9.90. The molecule has 1 aliphatic carbocycles. The number of rotatable bonds is 5. The molecule has 11 rings (SSSR count). The molecule has 0 radical (unpaired) electrons. The fourth-order valence-corrected chi connectivity index (χ4v) is 9.97. The third kappa shape index (κ3) is 4.89.